The molecule has 0 saturated heterocycles. The van der Waals surface area contributed by atoms with Crippen molar-refractivity contribution in [2.75, 3.05) is 13.2 Å². The Morgan fingerprint density at radius 1 is 1.17 bits per heavy atom. The van der Waals surface area contributed by atoms with E-state index in [0.717, 1.165) is 25.4 Å². The summed E-state index contributed by atoms with van der Waals surface area (Å²) in [7, 11) is 0. The van der Waals surface area contributed by atoms with Crippen LogP contribution in [0.15, 0.2) is 24.3 Å². The third-order valence-corrected chi connectivity index (χ3v) is 3.93. The van der Waals surface area contributed by atoms with Gasteiger partial charge in [-0.15, -0.1) is 0 Å². The topological polar surface area (TPSA) is 21.3 Å². The van der Waals surface area contributed by atoms with Gasteiger partial charge in [0.1, 0.15) is 5.75 Å². The molecule has 0 bridgehead atoms. The zero-order chi connectivity index (χ0) is 12.8. The van der Waals surface area contributed by atoms with Gasteiger partial charge in [-0.3, -0.25) is 0 Å². The highest BCUT2D eigenvalue weighted by molar-refractivity contribution is 5.27. The van der Waals surface area contributed by atoms with E-state index in [0.29, 0.717) is 5.41 Å². The van der Waals surface area contributed by atoms with Gasteiger partial charge in [0.25, 0.3) is 0 Å². The molecule has 2 nitrogen and oxygen atoms in total. The molecular formula is C16H25NO. The molecule has 1 aliphatic carbocycles. The van der Waals surface area contributed by atoms with Crippen molar-refractivity contribution in [2.24, 2.45) is 5.41 Å². The standard InChI is InChI=1S/C16H25NO/c1-3-18-15-8-6-14(7-9-15)12-17-13-16(2)10-4-5-11-16/h6-9,17H,3-5,10-13H2,1-2H3. The van der Waals surface area contributed by atoms with Crippen LogP contribution in [0.5, 0.6) is 5.75 Å². The molecule has 0 amide bonds. The van der Waals surface area contributed by atoms with Crippen LogP contribution in [0.2, 0.25) is 0 Å². The van der Waals surface area contributed by atoms with E-state index >= 15 is 0 Å². The SMILES string of the molecule is CCOc1ccc(CNCC2(C)CCCC2)cc1. The maximum atomic E-state index is 5.44. The van der Waals surface area contributed by atoms with Crippen molar-refractivity contribution in [1.82, 2.24) is 5.32 Å². The molecule has 1 N–H and O–H groups in total. The van der Waals surface area contributed by atoms with Crippen molar-refractivity contribution in [3.63, 3.8) is 0 Å². The first-order valence-corrected chi connectivity index (χ1v) is 7.14. The highest BCUT2D eigenvalue weighted by atomic mass is 16.5. The summed E-state index contributed by atoms with van der Waals surface area (Å²) in [5.74, 6) is 0.962. The summed E-state index contributed by atoms with van der Waals surface area (Å²) in [5.41, 5.74) is 1.87. The molecule has 1 aromatic carbocycles. The molecule has 2 heteroatoms. The van der Waals surface area contributed by atoms with Gasteiger partial charge in [0.2, 0.25) is 0 Å². The van der Waals surface area contributed by atoms with Crippen molar-refractivity contribution in [1.29, 1.82) is 0 Å². The van der Waals surface area contributed by atoms with E-state index in [1.807, 2.05) is 6.92 Å². The van der Waals surface area contributed by atoms with Crippen molar-refractivity contribution >= 4 is 0 Å². The highest BCUT2D eigenvalue weighted by Crippen LogP contribution is 2.36. The molecule has 1 aromatic rings. The maximum Gasteiger partial charge on any atom is 0.119 e. The Hall–Kier alpha value is -1.02. The number of ether oxygens (including phenoxy) is 1. The lowest BCUT2D eigenvalue weighted by atomic mass is 9.89. The van der Waals surface area contributed by atoms with Crippen LogP contribution < -0.4 is 10.1 Å². The smallest absolute Gasteiger partial charge is 0.119 e. The lowest BCUT2D eigenvalue weighted by Crippen LogP contribution is -2.29. The normalized spacial score (nSPS) is 17.9. The van der Waals surface area contributed by atoms with Gasteiger partial charge in [-0.1, -0.05) is 31.9 Å². The Morgan fingerprint density at radius 2 is 1.83 bits per heavy atom. The Labute approximate surface area is 111 Å². The first-order chi connectivity index (χ1) is 8.72. The van der Waals surface area contributed by atoms with Crippen molar-refractivity contribution in [3.05, 3.63) is 29.8 Å². The second kappa shape index (κ2) is 6.24. The van der Waals surface area contributed by atoms with Crippen LogP contribution in [0.3, 0.4) is 0 Å². The molecule has 0 unspecified atom stereocenters. The zero-order valence-electron chi connectivity index (χ0n) is 11.7. The first kappa shape index (κ1) is 13.4. The second-order valence-electron chi connectivity index (χ2n) is 5.70. The van der Waals surface area contributed by atoms with Crippen LogP contribution in [0.1, 0.15) is 45.1 Å². The molecule has 0 atom stereocenters. The fourth-order valence-corrected chi connectivity index (χ4v) is 2.78. The molecule has 0 heterocycles. The number of rotatable bonds is 6. The van der Waals surface area contributed by atoms with Crippen LogP contribution >= 0.6 is 0 Å². The third-order valence-electron chi connectivity index (χ3n) is 3.93. The van der Waals surface area contributed by atoms with E-state index in [1.165, 1.54) is 31.2 Å². The fraction of sp³-hybridized carbons (Fsp3) is 0.625. The molecule has 0 aromatic heterocycles. The fourth-order valence-electron chi connectivity index (χ4n) is 2.78. The lowest BCUT2D eigenvalue weighted by Gasteiger charge is -2.23. The van der Waals surface area contributed by atoms with E-state index < -0.39 is 0 Å². The summed E-state index contributed by atoms with van der Waals surface area (Å²) < 4.78 is 5.44. The van der Waals surface area contributed by atoms with Gasteiger partial charge in [-0.05, 0) is 42.9 Å². The maximum absolute atomic E-state index is 5.44. The molecular weight excluding hydrogens is 222 g/mol. The van der Waals surface area contributed by atoms with Crippen LogP contribution in [-0.4, -0.2) is 13.2 Å². The van der Waals surface area contributed by atoms with E-state index in [-0.39, 0.29) is 0 Å². The quantitative estimate of drug-likeness (QED) is 0.826. The number of hydrogen-bond donors (Lipinski definition) is 1. The summed E-state index contributed by atoms with van der Waals surface area (Å²) in [6, 6.07) is 8.40. The molecule has 0 spiro atoms. The molecule has 2 rings (SSSR count). The predicted molar refractivity (Wildman–Crippen MR) is 75.9 cm³/mol. The van der Waals surface area contributed by atoms with Gasteiger partial charge < -0.3 is 10.1 Å². The van der Waals surface area contributed by atoms with Crippen molar-refractivity contribution in [3.8, 4) is 5.75 Å². The average Bonchev–Trinajstić information content (AvgIpc) is 2.79. The summed E-state index contributed by atoms with van der Waals surface area (Å²) >= 11 is 0. The largest absolute Gasteiger partial charge is 0.494 e. The van der Waals surface area contributed by atoms with Crippen molar-refractivity contribution in [2.45, 2.75) is 46.1 Å². The lowest BCUT2D eigenvalue weighted by molar-refractivity contribution is 0.314. The van der Waals surface area contributed by atoms with Crippen LogP contribution in [0.4, 0.5) is 0 Å². The number of hydrogen-bond acceptors (Lipinski definition) is 2. The van der Waals surface area contributed by atoms with E-state index in [9.17, 15) is 0 Å². The van der Waals surface area contributed by atoms with E-state index in [1.54, 1.807) is 0 Å². The van der Waals surface area contributed by atoms with E-state index in [4.69, 9.17) is 4.74 Å². The molecule has 0 radical (unpaired) electrons. The van der Waals surface area contributed by atoms with Gasteiger partial charge in [0, 0.05) is 13.1 Å². The van der Waals surface area contributed by atoms with E-state index in [2.05, 4.69) is 36.5 Å². The van der Waals surface area contributed by atoms with Crippen LogP contribution in [0, 0.1) is 5.41 Å². The minimum atomic E-state index is 0.533. The minimum absolute atomic E-state index is 0.533. The zero-order valence-corrected chi connectivity index (χ0v) is 11.7. The van der Waals surface area contributed by atoms with Gasteiger partial charge in [0.05, 0.1) is 6.61 Å². The Morgan fingerprint density at radius 3 is 2.44 bits per heavy atom. The first-order valence-electron chi connectivity index (χ1n) is 7.14. The van der Waals surface area contributed by atoms with Gasteiger partial charge >= 0.3 is 0 Å². The molecule has 1 aliphatic rings. The highest BCUT2D eigenvalue weighted by Gasteiger charge is 2.27. The van der Waals surface area contributed by atoms with Gasteiger partial charge in [0.15, 0.2) is 0 Å². The summed E-state index contributed by atoms with van der Waals surface area (Å²) in [5, 5.41) is 3.59. The summed E-state index contributed by atoms with van der Waals surface area (Å²) in [4.78, 5) is 0. The third kappa shape index (κ3) is 3.74. The minimum Gasteiger partial charge on any atom is -0.494 e. The predicted octanol–water partition coefficient (Wildman–Crippen LogP) is 3.76. The monoisotopic (exact) mass is 247 g/mol. The molecule has 1 saturated carbocycles. The average molecular weight is 247 g/mol. The second-order valence-corrected chi connectivity index (χ2v) is 5.70. The molecule has 0 aliphatic heterocycles. The van der Waals surface area contributed by atoms with Crippen molar-refractivity contribution < 1.29 is 4.74 Å². The number of nitrogens with one attached hydrogen (secondary N) is 1. The number of benzene rings is 1. The van der Waals surface area contributed by atoms with Crippen LogP contribution in [-0.2, 0) is 6.54 Å². The molecule has 1 fully saturated rings. The molecule has 18 heavy (non-hydrogen) atoms. The van der Waals surface area contributed by atoms with Crippen LogP contribution in [0.25, 0.3) is 0 Å². The Bertz CT molecular complexity index is 352. The van der Waals surface area contributed by atoms with Gasteiger partial charge in [-0.25, -0.2) is 0 Å². The Balaban J connectivity index is 1.76. The Kier molecular flexibility index (Phi) is 4.65. The summed E-state index contributed by atoms with van der Waals surface area (Å²) in [6.45, 7) is 7.25. The summed E-state index contributed by atoms with van der Waals surface area (Å²) in [6.07, 6.45) is 5.56. The van der Waals surface area contributed by atoms with Gasteiger partial charge in [-0.2, -0.15) is 0 Å². The molecule has 100 valence electrons.